The zero-order chi connectivity index (χ0) is 12.0. The van der Waals surface area contributed by atoms with E-state index in [1.807, 2.05) is 12.1 Å². The molecule has 1 N–H and O–H groups in total. The first-order chi connectivity index (χ1) is 7.63. The molecule has 1 aromatic rings. The zero-order valence-corrected chi connectivity index (χ0v) is 9.88. The van der Waals surface area contributed by atoms with Gasteiger partial charge >= 0.3 is 0 Å². The van der Waals surface area contributed by atoms with Crippen molar-refractivity contribution < 1.29 is 9.53 Å². The Morgan fingerprint density at radius 3 is 2.94 bits per heavy atom. The number of amides is 1. The average Bonchev–Trinajstić information content (AvgIpc) is 2.26. The van der Waals surface area contributed by atoms with Gasteiger partial charge in [-0.05, 0) is 17.7 Å². The molecule has 0 radical (unpaired) electrons. The first kappa shape index (κ1) is 12.7. The van der Waals surface area contributed by atoms with E-state index < -0.39 is 0 Å². The molecule has 4 heteroatoms. The highest BCUT2D eigenvalue weighted by molar-refractivity contribution is 6.29. The maximum absolute atomic E-state index is 11.7. The first-order valence-electron chi connectivity index (χ1n) is 4.83. The molecular formula is C12H14ClNO2. The van der Waals surface area contributed by atoms with Gasteiger partial charge in [-0.25, -0.2) is 0 Å². The summed E-state index contributed by atoms with van der Waals surface area (Å²) in [6.07, 6.45) is 0. The largest absolute Gasteiger partial charge is 0.380 e. The lowest BCUT2D eigenvalue weighted by atomic mass is 10.1. The van der Waals surface area contributed by atoms with Crippen LogP contribution >= 0.6 is 11.6 Å². The summed E-state index contributed by atoms with van der Waals surface area (Å²) >= 11 is 5.56. The van der Waals surface area contributed by atoms with Crippen molar-refractivity contribution in [1.82, 2.24) is 5.32 Å². The number of ether oxygens (including phenoxy) is 1. The van der Waals surface area contributed by atoms with Gasteiger partial charge in [0.15, 0.2) is 0 Å². The molecule has 0 aromatic heterocycles. The zero-order valence-electron chi connectivity index (χ0n) is 9.13. The Kier molecular flexibility index (Phi) is 5.02. The molecule has 0 saturated carbocycles. The van der Waals surface area contributed by atoms with Gasteiger partial charge in [-0.1, -0.05) is 30.3 Å². The molecule has 3 nitrogen and oxygen atoms in total. The molecule has 1 aromatic carbocycles. The van der Waals surface area contributed by atoms with Crippen LogP contribution in [0.25, 0.3) is 0 Å². The smallest absolute Gasteiger partial charge is 0.251 e. The number of carbonyl (C=O) groups is 1. The summed E-state index contributed by atoms with van der Waals surface area (Å²) in [5.74, 6) is -0.167. The van der Waals surface area contributed by atoms with E-state index in [0.29, 0.717) is 17.2 Å². The van der Waals surface area contributed by atoms with Crippen LogP contribution < -0.4 is 5.32 Å². The second-order valence-corrected chi connectivity index (χ2v) is 3.87. The van der Waals surface area contributed by atoms with E-state index in [4.69, 9.17) is 16.3 Å². The van der Waals surface area contributed by atoms with Gasteiger partial charge in [0.2, 0.25) is 0 Å². The lowest BCUT2D eigenvalue weighted by Crippen LogP contribution is -2.24. The highest BCUT2D eigenvalue weighted by Gasteiger charge is 2.05. The normalized spacial score (nSPS) is 9.88. The summed E-state index contributed by atoms with van der Waals surface area (Å²) in [5, 5.41) is 3.06. The molecule has 0 aliphatic heterocycles. The Morgan fingerprint density at radius 1 is 1.56 bits per heavy atom. The summed E-state index contributed by atoms with van der Waals surface area (Å²) < 4.78 is 4.99. The van der Waals surface area contributed by atoms with E-state index >= 15 is 0 Å². The molecule has 1 rings (SSSR count). The molecule has 0 aliphatic carbocycles. The van der Waals surface area contributed by atoms with Crippen molar-refractivity contribution in [3.05, 3.63) is 47.0 Å². The van der Waals surface area contributed by atoms with Crippen LogP contribution in [0.3, 0.4) is 0 Å². The van der Waals surface area contributed by atoms with E-state index in [2.05, 4.69) is 11.9 Å². The van der Waals surface area contributed by atoms with Gasteiger partial charge in [-0.15, -0.1) is 0 Å². The predicted octanol–water partition coefficient (Wildman–Crippen LogP) is 2.32. The van der Waals surface area contributed by atoms with E-state index in [1.54, 1.807) is 19.2 Å². The quantitative estimate of drug-likeness (QED) is 0.857. The Labute approximate surface area is 100 Å². The molecule has 0 unspecified atom stereocenters. The van der Waals surface area contributed by atoms with Crippen molar-refractivity contribution in [2.45, 2.75) is 6.61 Å². The topological polar surface area (TPSA) is 38.3 Å². The molecule has 1 amide bonds. The third kappa shape index (κ3) is 4.04. The second kappa shape index (κ2) is 6.30. The molecule has 0 heterocycles. The summed E-state index contributed by atoms with van der Waals surface area (Å²) in [6.45, 7) is 4.26. The minimum absolute atomic E-state index is 0.167. The molecule has 86 valence electrons. The molecule has 0 spiro atoms. The second-order valence-electron chi connectivity index (χ2n) is 3.33. The van der Waals surface area contributed by atoms with Crippen molar-refractivity contribution in [3.8, 4) is 0 Å². The molecule has 0 fully saturated rings. The van der Waals surface area contributed by atoms with Gasteiger partial charge in [0.1, 0.15) is 0 Å². The lowest BCUT2D eigenvalue weighted by molar-refractivity contribution is 0.0957. The number of hydrogen-bond donors (Lipinski definition) is 1. The van der Waals surface area contributed by atoms with Crippen LogP contribution in [0.2, 0.25) is 0 Å². The van der Waals surface area contributed by atoms with Crippen LogP contribution in [0.1, 0.15) is 15.9 Å². The van der Waals surface area contributed by atoms with E-state index in [9.17, 15) is 4.79 Å². The van der Waals surface area contributed by atoms with Gasteiger partial charge in [0.05, 0.1) is 13.2 Å². The number of nitrogens with one attached hydrogen (secondary N) is 1. The maximum Gasteiger partial charge on any atom is 0.251 e. The summed E-state index contributed by atoms with van der Waals surface area (Å²) in [5.41, 5.74) is 1.55. The minimum Gasteiger partial charge on any atom is -0.380 e. The highest BCUT2D eigenvalue weighted by Crippen LogP contribution is 2.06. The molecule has 0 saturated heterocycles. The van der Waals surface area contributed by atoms with Crippen molar-refractivity contribution in [2.24, 2.45) is 0 Å². The summed E-state index contributed by atoms with van der Waals surface area (Å²) in [6, 6.07) is 7.25. The van der Waals surface area contributed by atoms with E-state index in [0.717, 1.165) is 5.56 Å². The third-order valence-electron chi connectivity index (χ3n) is 1.94. The number of carbonyl (C=O) groups excluding carboxylic acids is 1. The van der Waals surface area contributed by atoms with Gasteiger partial charge in [-0.3, -0.25) is 4.79 Å². The third-order valence-corrected chi connectivity index (χ3v) is 2.07. The number of halogens is 1. The van der Waals surface area contributed by atoms with Gasteiger partial charge in [0.25, 0.3) is 5.91 Å². The molecule has 16 heavy (non-hydrogen) atoms. The van der Waals surface area contributed by atoms with Crippen molar-refractivity contribution in [3.63, 3.8) is 0 Å². The number of hydrogen-bond acceptors (Lipinski definition) is 2. The fraction of sp³-hybridized carbons (Fsp3) is 0.250. The van der Waals surface area contributed by atoms with Crippen molar-refractivity contribution in [1.29, 1.82) is 0 Å². The molecule has 0 atom stereocenters. The number of benzene rings is 1. The van der Waals surface area contributed by atoms with Crippen molar-refractivity contribution in [2.75, 3.05) is 13.7 Å². The minimum atomic E-state index is -0.167. The van der Waals surface area contributed by atoms with E-state index in [-0.39, 0.29) is 12.5 Å². The first-order valence-corrected chi connectivity index (χ1v) is 5.20. The molecule has 0 bridgehead atoms. The van der Waals surface area contributed by atoms with Crippen LogP contribution in [-0.2, 0) is 11.3 Å². The Balaban J connectivity index is 2.67. The van der Waals surface area contributed by atoms with Crippen LogP contribution in [0.15, 0.2) is 35.9 Å². The Bertz CT molecular complexity index is 390. The Hall–Kier alpha value is -1.32. The van der Waals surface area contributed by atoms with Gasteiger partial charge in [-0.2, -0.15) is 0 Å². The predicted molar refractivity (Wildman–Crippen MR) is 64.5 cm³/mol. The van der Waals surface area contributed by atoms with E-state index in [1.165, 1.54) is 0 Å². The lowest BCUT2D eigenvalue weighted by Gasteiger charge is -2.05. The van der Waals surface area contributed by atoms with Crippen LogP contribution in [0, 0.1) is 0 Å². The molecular weight excluding hydrogens is 226 g/mol. The van der Waals surface area contributed by atoms with Crippen molar-refractivity contribution >= 4 is 17.5 Å². The number of rotatable bonds is 5. The summed E-state index contributed by atoms with van der Waals surface area (Å²) in [4.78, 5) is 11.7. The number of methoxy groups -OCH3 is 1. The van der Waals surface area contributed by atoms with Gasteiger partial charge in [0, 0.05) is 17.7 Å². The summed E-state index contributed by atoms with van der Waals surface area (Å²) in [7, 11) is 1.62. The van der Waals surface area contributed by atoms with Crippen LogP contribution in [0.5, 0.6) is 0 Å². The monoisotopic (exact) mass is 239 g/mol. The van der Waals surface area contributed by atoms with Crippen LogP contribution in [0.4, 0.5) is 0 Å². The SMILES string of the molecule is C=C(Cl)CNC(=O)c1cccc(COC)c1. The van der Waals surface area contributed by atoms with Gasteiger partial charge < -0.3 is 10.1 Å². The molecule has 0 aliphatic rings. The highest BCUT2D eigenvalue weighted by atomic mass is 35.5. The maximum atomic E-state index is 11.7. The standard InChI is InChI=1S/C12H14ClNO2/c1-9(13)7-14-12(15)11-5-3-4-10(6-11)8-16-2/h3-6H,1,7-8H2,2H3,(H,14,15). The fourth-order valence-corrected chi connectivity index (χ4v) is 1.31. The Morgan fingerprint density at radius 2 is 2.31 bits per heavy atom. The average molecular weight is 240 g/mol. The fourth-order valence-electron chi connectivity index (χ4n) is 1.25. The van der Waals surface area contributed by atoms with Crippen LogP contribution in [-0.4, -0.2) is 19.6 Å².